The summed E-state index contributed by atoms with van der Waals surface area (Å²) in [7, 11) is 0. The highest BCUT2D eigenvalue weighted by Gasteiger charge is 2.16. The van der Waals surface area contributed by atoms with E-state index in [0.29, 0.717) is 11.5 Å². The molecule has 13 heavy (non-hydrogen) atoms. The second-order valence-electron chi connectivity index (χ2n) is 4.11. The Balaban J connectivity index is 2.37. The third kappa shape index (κ3) is 4.37. The maximum Gasteiger partial charge on any atom is 0.100 e. The van der Waals surface area contributed by atoms with E-state index < -0.39 is 0 Å². The Bertz CT molecular complexity index is 138. The molecule has 0 N–H and O–H groups in total. The highest BCUT2D eigenvalue weighted by molar-refractivity contribution is 7.99. The van der Waals surface area contributed by atoms with Gasteiger partial charge in [-0.05, 0) is 38.4 Å². The van der Waals surface area contributed by atoms with Crippen LogP contribution in [0, 0.1) is 5.92 Å². The first kappa shape index (κ1) is 11.4. The van der Waals surface area contributed by atoms with Crippen LogP contribution in [0.3, 0.4) is 0 Å². The monoisotopic (exact) mass is 202 g/mol. The summed E-state index contributed by atoms with van der Waals surface area (Å²) in [6, 6.07) is 0. The third-order valence-electron chi connectivity index (χ3n) is 2.86. The molecule has 1 fully saturated rings. The van der Waals surface area contributed by atoms with E-state index in [1.165, 1.54) is 31.4 Å². The molecule has 1 aliphatic heterocycles. The average molecular weight is 202 g/mol. The van der Waals surface area contributed by atoms with Crippen molar-refractivity contribution in [3.63, 3.8) is 0 Å². The molecule has 3 atom stereocenters. The topological polar surface area (TPSA) is 9.23 Å². The zero-order valence-electron chi connectivity index (χ0n) is 9.08. The van der Waals surface area contributed by atoms with Gasteiger partial charge in [0.25, 0.3) is 0 Å². The van der Waals surface area contributed by atoms with E-state index >= 15 is 0 Å². The molecule has 0 aromatic carbocycles. The lowest BCUT2D eigenvalue weighted by atomic mass is 9.98. The van der Waals surface area contributed by atoms with Crippen molar-refractivity contribution in [1.29, 1.82) is 0 Å². The van der Waals surface area contributed by atoms with Crippen LogP contribution in [0.4, 0.5) is 0 Å². The fourth-order valence-electron chi connectivity index (χ4n) is 1.70. The molecule has 3 unspecified atom stereocenters. The zero-order chi connectivity index (χ0) is 9.68. The fourth-order valence-corrected chi connectivity index (χ4v) is 2.66. The van der Waals surface area contributed by atoms with Gasteiger partial charge in [0.05, 0.1) is 6.10 Å². The summed E-state index contributed by atoms with van der Waals surface area (Å²) >= 11 is 1.96. The molecule has 0 spiro atoms. The van der Waals surface area contributed by atoms with Crippen molar-refractivity contribution in [2.45, 2.75) is 58.0 Å². The van der Waals surface area contributed by atoms with Crippen molar-refractivity contribution < 1.29 is 4.74 Å². The SMILES string of the molecule is CC1OC(C)C(C)CCCCCS1. The third-order valence-corrected chi connectivity index (χ3v) is 3.97. The minimum absolute atomic E-state index is 0.385. The van der Waals surface area contributed by atoms with Crippen molar-refractivity contribution in [3.8, 4) is 0 Å². The van der Waals surface area contributed by atoms with Gasteiger partial charge in [0.15, 0.2) is 0 Å². The quantitative estimate of drug-likeness (QED) is 0.592. The van der Waals surface area contributed by atoms with E-state index in [4.69, 9.17) is 4.74 Å². The van der Waals surface area contributed by atoms with Crippen LogP contribution in [0.2, 0.25) is 0 Å². The van der Waals surface area contributed by atoms with E-state index in [1.54, 1.807) is 0 Å². The molecule has 0 aliphatic carbocycles. The van der Waals surface area contributed by atoms with E-state index in [2.05, 4.69) is 20.8 Å². The Morgan fingerprint density at radius 3 is 2.62 bits per heavy atom. The molecule has 78 valence electrons. The van der Waals surface area contributed by atoms with Crippen molar-refractivity contribution in [1.82, 2.24) is 0 Å². The standard InChI is InChI=1S/C11H22OS/c1-9-7-5-4-6-8-13-11(3)12-10(9)2/h9-11H,4-8H2,1-3H3. The molecule has 0 aromatic rings. The molecule has 0 radical (unpaired) electrons. The van der Waals surface area contributed by atoms with Gasteiger partial charge in [-0.1, -0.05) is 19.8 Å². The maximum atomic E-state index is 5.90. The Labute approximate surface area is 86.6 Å². The Morgan fingerprint density at radius 2 is 1.85 bits per heavy atom. The van der Waals surface area contributed by atoms with Gasteiger partial charge in [0, 0.05) is 0 Å². The molecule has 1 rings (SSSR count). The van der Waals surface area contributed by atoms with Crippen LogP contribution in [0.25, 0.3) is 0 Å². The van der Waals surface area contributed by atoms with Gasteiger partial charge >= 0.3 is 0 Å². The van der Waals surface area contributed by atoms with E-state index in [1.807, 2.05) is 11.8 Å². The first-order chi connectivity index (χ1) is 6.20. The number of thioether (sulfide) groups is 1. The average Bonchev–Trinajstić information content (AvgIpc) is 2.09. The lowest BCUT2D eigenvalue weighted by molar-refractivity contribution is 0.0180. The molecule has 1 heterocycles. The van der Waals surface area contributed by atoms with Crippen LogP contribution in [0.5, 0.6) is 0 Å². The molecule has 2 heteroatoms. The van der Waals surface area contributed by atoms with Gasteiger partial charge in [-0.2, -0.15) is 0 Å². The van der Waals surface area contributed by atoms with Gasteiger partial charge in [-0.15, -0.1) is 11.8 Å². The summed E-state index contributed by atoms with van der Waals surface area (Å²) in [5.41, 5.74) is 0.385. The largest absolute Gasteiger partial charge is 0.365 e. The lowest BCUT2D eigenvalue weighted by Gasteiger charge is -2.25. The second-order valence-corrected chi connectivity index (χ2v) is 5.51. The van der Waals surface area contributed by atoms with Crippen LogP contribution < -0.4 is 0 Å². The smallest absolute Gasteiger partial charge is 0.100 e. The van der Waals surface area contributed by atoms with E-state index in [0.717, 1.165) is 5.92 Å². The zero-order valence-corrected chi connectivity index (χ0v) is 9.90. The molecular weight excluding hydrogens is 180 g/mol. The predicted octanol–water partition coefficient (Wildman–Crippen LogP) is 3.68. The lowest BCUT2D eigenvalue weighted by Crippen LogP contribution is -2.22. The number of rotatable bonds is 0. The number of ether oxygens (including phenoxy) is 1. The molecule has 0 saturated carbocycles. The second kappa shape index (κ2) is 5.92. The van der Waals surface area contributed by atoms with E-state index in [-0.39, 0.29) is 0 Å². The number of hydrogen-bond donors (Lipinski definition) is 0. The van der Waals surface area contributed by atoms with E-state index in [9.17, 15) is 0 Å². The van der Waals surface area contributed by atoms with Crippen LogP contribution in [-0.2, 0) is 4.74 Å². The summed E-state index contributed by atoms with van der Waals surface area (Å²) in [5, 5.41) is 0. The van der Waals surface area contributed by atoms with Gasteiger partial charge in [-0.25, -0.2) is 0 Å². The Kier molecular flexibility index (Phi) is 5.18. The molecule has 0 bridgehead atoms. The normalized spacial score (nSPS) is 38.5. The highest BCUT2D eigenvalue weighted by Crippen LogP contribution is 2.24. The summed E-state index contributed by atoms with van der Waals surface area (Å²) in [4.78, 5) is 0. The minimum atomic E-state index is 0.385. The molecule has 0 amide bonds. The molecule has 1 saturated heterocycles. The molecule has 1 nitrogen and oxygen atoms in total. The van der Waals surface area contributed by atoms with Gasteiger partial charge < -0.3 is 4.74 Å². The molecular formula is C11H22OS. The summed E-state index contributed by atoms with van der Waals surface area (Å²) in [5.74, 6) is 1.99. The van der Waals surface area contributed by atoms with Crippen LogP contribution in [0.1, 0.15) is 46.5 Å². The minimum Gasteiger partial charge on any atom is -0.365 e. The van der Waals surface area contributed by atoms with Crippen molar-refractivity contribution in [2.75, 3.05) is 5.75 Å². The first-order valence-electron chi connectivity index (χ1n) is 5.47. The highest BCUT2D eigenvalue weighted by atomic mass is 32.2. The number of hydrogen-bond acceptors (Lipinski definition) is 2. The van der Waals surface area contributed by atoms with Crippen molar-refractivity contribution in [2.24, 2.45) is 5.92 Å². The van der Waals surface area contributed by atoms with Crippen LogP contribution >= 0.6 is 11.8 Å². The van der Waals surface area contributed by atoms with Crippen LogP contribution in [0.15, 0.2) is 0 Å². The Hall–Kier alpha value is 0.310. The van der Waals surface area contributed by atoms with Crippen molar-refractivity contribution >= 4 is 11.8 Å². The summed E-state index contributed by atoms with van der Waals surface area (Å²) in [6.07, 6.45) is 5.90. The summed E-state index contributed by atoms with van der Waals surface area (Å²) < 4.78 is 5.90. The maximum absolute atomic E-state index is 5.90. The molecule has 1 aliphatic rings. The summed E-state index contributed by atoms with van der Waals surface area (Å²) in [6.45, 7) is 6.70. The van der Waals surface area contributed by atoms with Gasteiger partial charge in [-0.3, -0.25) is 0 Å². The first-order valence-corrected chi connectivity index (χ1v) is 6.52. The Morgan fingerprint density at radius 1 is 1.08 bits per heavy atom. The van der Waals surface area contributed by atoms with Crippen LogP contribution in [-0.4, -0.2) is 17.3 Å². The van der Waals surface area contributed by atoms with Gasteiger partial charge in [0.2, 0.25) is 0 Å². The fraction of sp³-hybridized carbons (Fsp3) is 1.00. The molecule has 0 aromatic heterocycles. The van der Waals surface area contributed by atoms with Crippen molar-refractivity contribution in [3.05, 3.63) is 0 Å². The predicted molar refractivity (Wildman–Crippen MR) is 60.1 cm³/mol. The van der Waals surface area contributed by atoms with Gasteiger partial charge in [0.1, 0.15) is 5.44 Å².